The van der Waals surface area contributed by atoms with Crippen molar-refractivity contribution in [3.63, 3.8) is 0 Å². The highest BCUT2D eigenvalue weighted by Crippen LogP contribution is 2.28. The second kappa shape index (κ2) is 5.42. The first-order valence-corrected chi connectivity index (χ1v) is 6.96. The smallest absolute Gasteiger partial charge is 0.262 e. The Balaban J connectivity index is 2.25. The van der Waals surface area contributed by atoms with Gasteiger partial charge >= 0.3 is 0 Å². The van der Waals surface area contributed by atoms with Gasteiger partial charge in [0.25, 0.3) is 5.22 Å². The van der Waals surface area contributed by atoms with E-state index < -0.39 is 0 Å². The summed E-state index contributed by atoms with van der Waals surface area (Å²) >= 11 is 2.89. The number of nitrogens with one attached hydrogen (secondary N) is 1. The summed E-state index contributed by atoms with van der Waals surface area (Å²) in [6.45, 7) is 1.89. The molecule has 2 aromatic heterocycles. The van der Waals surface area contributed by atoms with E-state index in [9.17, 15) is 0 Å². The van der Waals surface area contributed by atoms with Crippen molar-refractivity contribution in [2.24, 2.45) is 0 Å². The maximum atomic E-state index is 5.28. The van der Waals surface area contributed by atoms with E-state index in [1.807, 2.05) is 26.3 Å². The van der Waals surface area contributed by atoms with Crippen molar-refractivity contribution in [1.82, 2.24) is 15.0 Å². The summed E-state index contributed by atoms with van der Waals surface area (Å²) < 4.78 is 5.28. The van der Waals surface area contributed by atoms with Gasteiger partial charge in [-0.1, -0.05) is 11.8 Å². The van der Waals surface area contributed by atoms with Crippen LogP contribution in [0.4, 0.5) is 5.82 Å². The van der Waals surface area contributed by atoms with E-state index in [4.69, 9.17) is 4.42 Å². The van der Waals surface area contributed by atoms with Gasteiger partial charge in [0.1, 0.15) is 17.1 Å². The van der Waals surface area contributed by atoms with Crippen LogP contribution in [0, 0.1) is 6.92 Å². The zero-order chi connectivity index (χ0) is 12.3. The van der Waals surface area contributed by atoms with Crippen LogP contribution >= 0.6 is 23.5 Å². The Morgan fingerprint density at radius 2 is 2.12 bits per heavy atom. The summed E-state index contributed by atoms with van der Waals surface area (Å²) in [5.74, 6) is 0.787. The molecule has 5 nitrogen and oxygen atoms in total. The first-order valence-electron chi connectivity index (χ1n) is 4.92. The third kappa shape index (κ3) is 3.13. The predicted octanol–water partition coefficient (Wildman–Crippen LogP) is 2.69. The van der Waals surface area contributed by atoms with Gasteiger partial charge in [0.05, 0.1) is 5.69 Å². The van der Waals surface area contributed by atoms with Crippen LogP contribution in [0.2, 0.25) is 0 Å². The molecule has 0 saturated carbocycles. The first-order chi connectivity index (χ1) is 8.21. The summed E-state index contributed by atoms with van der Waals surface area (Å²) in [4.78, 5) is 12.9. The van der Waals surface area contributed by atoms with E-state index >= 15 is 0 Å². The lowest BCUT2D eigenvalue weighted by atomic mass is 10.6. The molecule has 0 unspecified atom stereocenters. The molecule has 17 heavy (non-hydrogen) atoms. The van der Waals surface area contributed by atoms with Gasteiger partial charge in [0, 0.05) is 13.1 Å². The first kappa shape index (κ1) is 12.3. The lowest BCUT2D eigenvalue weighted by Gasteiger charge is -2.03. The van der Waals surface area contributed by atoms with Crippen LogP contribution in [0.3, 0.4) is 0 Å². The molecule has 0 radical (unpaired) electrons. The van der Waals surface area contributed by atoms with E-state index in [1.165, 1.54) is 23.5 Å². The number of thioether (sulfide) groups is 1. The van der Waals surface area contributed by atoms with Crippen molar-refractivity contribution in [3.05, 3.63) is 18.0 Å². The monoisotopic (exact) mass is 268 g/mol. The Labute approximate surface area is 108 Å². The number of nitrogens with zero attached hydrogens (tertiary/aromatic N) is 3. The molecule has 0 amide bonds. The van der Waals surface area contributed by atoms with Gasteiger partial charge < -0.3 is 9.73 Å². The normalized spacial score (nSPS) is 10.5. The van der Waals surface area contributed by atoms with Gasteiger partial charge in [-0.25, -0.2) is 15.0 Å². The predicted molar refractivity (Wildman–Crippen MR) is 68.7 cm³/mol. The Morgan fingerprint density at radius 3 is 2.71 bits per heavy atom. The third-order valence-corrected chi connectivity index (χ3v) is 3.24. The third-order valence-electron chi connectivity index (χ3n) is 1.91. The van der Waals surface area contributed by atoms with Crippen molar-refractivity contribution in [1.29, 1.82) is 0 Å². The number of aryl methyl sites for hydroxylation is 1. The highest BCUT2D eigenvalue weighted by molar-refractivity contribution is 7.99. The molecule has 2 rings (SSSR count). The fourth-order valence-electron chi connectivity index (χ4n) is 1.14. The van der Waals surface area contributed by atoms with E-state index in [2.05, 4.69) is 20.3 Å². The topological polar surface area (TPSA) is 63.8 Å². The summed E-state index contributed by atoms with van der Waals surface area (Å²) in [5.41, 5.74) is 0.862. The van der Waals surface area contributed by atoms with Gasteiger partial charge in [-0.05, 0) is 24.9 Å². The highest BCUT2D eigenvalue weighted by Gasteiger charge is 2.08. The van der Waals surface area contributed by atoms with Crippen LogP contribution in [-0.2, 0) is 0 Å². The van der Waals surface area contributed by atoms with Gasteiger partial charge in [-0.15, -0.1) is 0 Å². The summed E-state index contributed by atoms with van der Waals surface area (Å²) in [6, 6.07) is 1.86. The Bertz CT molecular complexity index is 493. The maximum Gasteiger partial charge on any atom is 0.262 e. The van der Waals surface area contributed by atoms with Crippen LogP contribution < -0.4 is 5.32 Å². The fraction of sp³-hybridized carbons (Fsp3) is 0.300. The number of oxazole rings is 1. The standard InChI is InChI=1S/C10H12N4OS2/c1-6-5-15-10(12-6)17-8-4-7(11-2)13-9(14-8)16-3/h4-5H,1-3H3,(H,11,13,14). The van der Waals surface area contributed by atoms with Crippen LogP contribution in [0.15, 0.2) is 32.2 Å². The second-order valence-electron chi connectivity index (χ2n) is 3.18. The number of hydrogen-bond acceptors (Lipinski definition) is 7. The van der Waals surface area contributed by atoms with E-state index in [0.29, 0.717) is 5.22 Å². The molecule has 2 heterocycles. The molecule has 0 aliphatic rings. The minimum absolute atomic E-state index is 0.593. The summed E-state index contributed by atoms with van der Waals surface area (Å²) in [7, 11) is 1.83. The largest absolute Gasteiger partial charge is 0.439 e. The van der Waals surface area contributed by atoms with Crippen molar-refractivity contribution < 1.29 is 4.42 Å². The number of anilines is 1. The lowest BCUT2D eigenvalue weighted by Crippen LogP contribution is -1.96. The van der Waals surface area contributed by atoms with Gasteiger partial charge in [0.2, 0.25) is 0 Å². The minimum atomic E-state index is 0.593. The molecular formula is C10H12N4OS2. The Morgan fingerprint density at radius 1 is 1.29 bits per heavy atom. The fourth-order valence-corrected chi connectivity index (χ4v) is 2.35. The average molecular weight is 268 g/mol. The molecule has 0 aromatic carbocycles. The van der Waals surface area contributed by atoms with Crippen LogP contribution in [0.25, 0.3) is 0 Å². The van der Waals surface area contributed by atoms with Crippen molar-refractivity contribution in [2.75, 3.05) is 18.6 Å². The van der Waals surface area contributed by atoms with Gasteiger partial charge in [-0.2, -0.15) is 0 Å². The summed E-state index contributed by atoms with van der Waals surface area (Å²) in [5, 5.41) is 5.14. The van der Waals surface area contributed by atoms with Crippen molar-refractivity contribution in [2.45, 2.75) is 22.3 Å². The molecule has 0 spiro atoms. The van der Waals surface area contributed by atoms with Crippen LogP contribution in [-0.4, -0.2) is 28.3 Å². The summed E-state index contributed by atoms with van der Waals surface area (Å²) in [6.07, 6.45) is 3.57. The Kier molecular flexibility index (Phi) is 3.90. The molecule has 0 saturated heterocycles. The van der Waals surface area contributed by atoms with E-state index in [-0.39, 0.29) is 0 Å². The van der Waals surface area contributed by atoms with E-state index in [0.717, 1.165) is 21.7 Å². The zero-order valence-electron chi connectivity index (χ0n) is 9.72. The second-order valence-corrected chi connectivity index (χ2v) is 4.93. The maximum absolute atomic E-state index is 5.28. The van der Waals surface area contributed by atoms with E-state index in [1.54, 1.807) is 6.26 Å². The number of aromatic nitrogens is 3. The number of hydrogen-bond donors (Lipinski definition) is 1. The average Bonchev–Trinajstić information content (AvgIpc) is 2.74. The van der Waals surface area contributed by atoms with Crippen molar-refractivity contribution in [3.8, 4) is 0 Å². The van der Waals surface area contributed by atoms with Gasteiger partial charge in [0.15, 0.2) is 5.16 Å². The lowest BCUT2D eigenvalue weighted by molar-refractivity contribution is 0.453. The quantitative estimate of drug-likeness (QED) is 0.519. The Hall–Kier alpha value is -1.21. The minimum Gasteiger partial charge on any atom is -0.439 e. The molecule has 0 atom stereocenters. The van der Waals surface area contributed by atoms with Crippen LogP contribution in [0.5, 0.6) is 0 Å². The molecule has 0 aliphatic heterocycles. The number of rotatable bonds is 4. The highest BCUT2D eigenvalue weighted by atomic mass is 32.2. The van der Waals surface area contributed by atoms with Gasteiger partial charge in [-0.3, -0.25) is 0 Å². The molecule has 0 aliphatic carbocycles. The molecule has 0 bridgehead atoms. The molecular weight excluding hydrogens is 256 g/mol. The molecule has 2 aromatic rings. The molecule has 1 N–H and O–H groups in total. The SMILES string of the molecule is CNc1cc(Sc2nc(C)co2)nc(SC)n1. The molecule has 7 heteroatoms. The molecule has 0 fully saturated rings. The van der Waals surface area contributed by atoms with Crippen LogP contribution in [0.1, 0.15) is 5.69 Å². The molecule has 90 valence electrons. The van der Waals surface area contributed by atoms with Crippen molar-refractivity contribution >= 4 is 29.3 Å². The zero-order valence-corrected chi connectivity index (χ0v) is 11.4.